The number of para-hydroxylation sites is 2. The Morgan fingerprint density at radius 3 is 2.55 bits per heavy atom. The number of rotatable bonds is 6. The lowest BCUT2D eigenvalue weighted by Gasteiger charge is -2.20. The lowest BCUT2D eigenvalue weighted by Crippen LogP contribution is -2.29. The maximum Gasteiger partial charge on any atom is 0.414 e. The molecule has 1 aromatic carbocycles. The first-order valence-corrected chi connectivity index (χ1v) is 10.9. The molecule has 4 rings (SSSR count). The predicted molar refractivity (Wildman–Crippen MR) is 122 cm³/mol. The number of aliphatic hydroxyl groups is 1. The molecule has 1 atom stereocenters. The van der Waals surface area contributed by atoms with Crippen LogP contribution < -0.4 is 5.32 Å². The van der Waals surface area contributed by atoms with Crippen molar-refractivity contribution in [1.29, 1.82) is 0 Å². The Morgan fingerprint density at radius 1 is 1.12 bits per heavy atom. The predicted octanol–water partition coefficient (Wildman–Crippen LogP) is 2.40. The summed E-state index contributed by atoms with van der Waals surface area (Å²) >= 11 is 0. The minimum absolute atomic E-state index is 0.233. The molecule has 1 aliphatic rings. The van der Waals surface area contributed by atoms with Gasteiger partial charge in [0.25, 0.3) is 0 Å². The summed E-state index contributed by atoms with van der Waals surface area (Å²) in [6, 6.07) is 12.7. The highest BCUT2D eigenvalue weighted by atomic mass is 16.4. The highest BCUT2D eigenvalue weighted by Crippen LogP contribution is 2.24. The third kappa shape index (κ3) is 6.80. The second kappa shape index (κ2) is 11.5. The van der Waals surface area contributed by atoms with Crippen molar-refractivity contribution in [1.82, 2.24) is 14.5 Å². The van der Waals surface area contributed by atoms with Crippen LogP contribution in [-0.4, -0.2) is 74.0 Å². The zero-order chi connectivity index (χ0) is 23.8. The number of aliphatic carboxylic acids is 2. The van der Waals surface area contributed by atoms with E-state index in [1.54, 1.807) is 0 Å². The van der Waals surface area contributed by atoms with E-state index in [0.29, 0.717) is 12.6 Å². The van der Waals surface area contributed by atoms with Crippen LogP contribution in [-0.2, 0) is 16.1 Å². The summed E-state index contributed by atoms with van der Waals surface area (Å²) in [6.07, 6.45) is 3.31. The Hall–Kier alpha value is -3.37. The molecule has 1 aliphatic heterocycles. The van der Waals surface area contributed by atoms with Crippen LogP contribution in [0, 0.1) is 6.92 Å². The maximum absolute atomic E-state index is 9.19. The normalized spacial score (nSPS) is 16.6. The van der Waals surface area contributed by atoms with Crippen molar-refractivity contribution in [3.05, 3.63) is 47.9 Å². The number of hydrogen-bond acceptors (Lipinski definition) is 7. The first-order chi connectivity index (χ1) is 15.9. The quantitative estimate of drug-likeness (QED) is 0.410. The topological polar surface area (TPSA) is 141 Å². The van der Waals surface area contributed by atoms with E-state index in [-0.39, 0.29) is 6.61 Å². The molecule has 1 fully saturated rings. The van der Waals surface area contributed by atoms with E-state index < -0.39 is 11.9 Å². The zero-order valence-corrected chi connectivity index (χ0v) is 18.6. The van der Waals surface area contributed by atoms with Crippen LogP contribution in [0.3, 0.4) is 0 Å². The van der Waals surface area contributed by atoms with Crippen molar-refractivity contribution in [3.8, 4) is 0 Å². The van der Waals surface area contributed by atoms with Gasteiger partial charge in [0.05, 0.1) is 24.2 Å². The highest BCUT2D eigenvalue weighted by Gasteiger charge is 2.20. The van der Waals surface area contributed by atoms with Gasteiger partial charge in [0, 0.05) is 19.1 Å². The monoisotopic (exact) mass is 458 g/mol. The molecule has 0 spiro atoms. The van der Waals surface area contributed by atoms with Gasteiger partial charge in [-0.15, -0.1) is 0 Å². The average Bonchev–Trinajstić information content (AvgIpc) is 3.26. The van der Waals surface area contributed by atoms with Crippen molar-refractivity contribution < 1.29 is 29.3 Å². The van der Waals surface area contributed by atoms with Crippen molar-refractivity contribution in [3.63, 3.8) is 0 Å². The van der Waals surface area contributed by atoms with Crippen LogP contribution in [0.2, 0.25) is 0 Å². The standard InChI is InChI=1S/C21H28N4O2.C2H2O4/c1-16-8-9-18(27-16)15-25-20-7-3-2-6-19(20)23-21(25)22-17-5-4-11-24(12-10-17)13-14-26;3-1(4)2(5)6/h2-3,6-9,17,26H,4-5,10-15H2,1H3,(H,22,23);(H,3,4)(H,5,6). The van der Waals surface area contributed by atoms with Crippen molar-refractivity contribution in [2.75, 3.05) is 31.6 Å². The Morgan fingerprint density at radius 2 is 1.88 bits per heavy atom. The van der Waals surface area contributed by atoms with E-state index in [9.17, 15) is 5.11 Å². The first-order valence-electron chi connectivity index (χ1n) is 10.9. The molecule has 10 heteroatoms. The summed E-state index contributed by atoms with van der Waals surface area (Å²) in [5, 5.41) is 27.7. The van der Waals surface area contributed by atoms with Crippen LogP contribution >= 0.6 is 0 Å². The molecule has 33 heavy (non-hydrogen) atoms. The lowest BCUT2D eigenvalue weighted by molar-refractivity contribution is -0.159. The van der Waals surface area contributed by atoms with Gasteiger partial charge < -0.3 is 34.5 Å². The van der Waals surface area contributed by atoms with Crippen LogP contribution in [0.1, 0.15) is 30.8 Å². The molecular weight excluding hydrogens is 428 g/mol. The molecule has 0 aliphatic carbocycles. The third-order valence-electron chi connectivity index (χ3n) is 5.52. The van der Waals surface area contributed by atoms with Gasteiger partial charge in [-0.3, -0.25) is 0 Å². The highest BCUT2D eigenvalue weighted by molar-refractivity contribution is 6.27. The minimum atomic E-state index is -1.82. The lowest BCUT2D eigenvalue weighted by atomic mass is 10.1. The fraction of sp³-hybridized carbons (Fsp3) is 0.435. The number of imidazole rings is 1. The first kappa shape index (κ1) is 24.3. The van der Waals surface area contributed by atoms with E-state index in [1.165, 1.54) is 0 Å². The molecule has 2 aromatic heterocycles. The number of benzene rings is 1. The maximum atomic E-state index is 9.19. The Bertz CT molecular complexity index is 1060. The summed E-state index contributed by atoms with van der Waals surface area (Å²) in [4.78, 5) is 25.4. The number of anilines is 1. The number of furan rings is 1. The Balaban J connectivity index is 0.000000454. The summed E-state index contributed by atoms with van der Waals surface area (Å²) in [5.41, 5.74) is 2.11. The fourth-order valence-electron chi connectivity index (χ4n) is 3.92. The van der Waals surface area contributed by atoms with Crippen molar-refractivity contribution in [2.24, 2.45) is 0 Å². The van der Waals surface area contributed by atoms with Crippen LogP contribution in [0.4, 0.5) is 5.95 Å². The summed E-state index contributed by atoms with van der Waals surface area (Å²) < 4.78 is 8.02. The number of carboxylic acid groups (broad SMARTS) is 2. The molecule has 10 nitrogen and oxygen atoms in total. The number of β-amino-alcohol motifs (C(OH)–C–C–N with tert-alkyl or cyclic N) is 1. The number of carbonyl (C=O) groups is 2. The molecule has 0 amide bonds. The Labute approximate surface area is 191 Å². The third-order valence-corrected chi connectivity index (χ3v) is 5.52. The fourth-order valence-corrected chi connectivity index (χ4v) is 3.92. The second-order valence-electron chi connectivity index (χ2n) is 7.97. The summed E-state index contributed by atoms with van der Waals surface area (Å²) in [7, 11) is 0. The van der Waals surface area contributed by atoms with Gasteiger partial charge >= 0.3 is 11.9 Å². The number of aliphatic hydroxyl groups excluding tert-OH is 1. The molecule has 1 saturated heterocycles. The van der Waals surface area contributed by atoms with E-state index in [0.717, 1.165) is 67.4 Å². The van der Waals surface area contributed by atoms with Crippen molar-refractivity contribution >= 4 is 28.9 Å². The largest absolute Gasteiger partial charge is 0.473 e. The van der Waals surface area contributed by atoms with Gasteiger partial charge in [0.15, 0.2) is 0 Å². The number of aromatic nitrogens is 2. The molecule has 3 aromatic rings. The molecule has 3 heterocycles. The van der Waals surface area contributed by atoms with Crippen LogP contribution in [0.5, 0.6) is 0 Å². The summed E-state index contributed by atoms with van der Waals surface area (Å²) in [5.74, 6) is -0.874. The number of carboxylic acids is 2. The van der Waals surface area contributed by atoms with Gasteiger partial charge in [-0.05, 0) is 57.0 Å². The molecule has 0 bridgehead atoms. The van der Waals surface area contributed by atoms with E-state index in [2.05, 4.69) is 33.0 Å². The van der Waals surface area contributed by atoms with Gasteiger partial charge in [0.1, 0.15) is 11.5 Å². The number of aryl methyl sites for hydroxylation is 1. The summed E-state index contributed by atoms with van der Waals surface area (Å²) in [6.45, 7) is 5.70. The van der Waals surface area contributed by atoms with Gasteiger partial charge in [0.2, 0.25) is 5.95 Å². The number of nitrogens with one attached hydrogen (secondary N) is 1. The van der Waals surface area contributed by atoms with E-state index in [4.69, 9.17) is 29.2 Å². The average molecular weight is 459 g/mol. The molecular formula is C23H30N4O6. The zero-order valence-electron chi connectivity index (χ0n) is 18.6. The van der Waals surface area contributed by atoms with Crippen LogP contribution in [0.25, 0.3) is 11.0 Å². The molecule has 178 valence electrons. The number of likely N-dealkylation sites (tertiary alicyclic amines) is 1. The molecule has 4 N–H and O–H groups in total. The molecule has 0 radical (unpaired) electrons. The van der Waals surface area contributed by atoms with Gasteiger partial charge in [-0.1, -0.05) is 12.1 Å². The smallest absolute Gasteiger partial charge is 0.414 e. The van der Waals surface area contributed by atoms with Crippen LogP contribution in [0.15, 0.2) is 40.8 Å². The number of fused-ring (bicyclic) bond motifs is 1. The minimum Gasteiger partial charge on any atom is -0.473 e. The number of nitrogens with zero attached hydrogens (tertiary/aromatic N) is 3. The number of hydrogen-bond donors (Lipinski definition) is 4. The van der Waals surface area contributed by atoms with E-state index in [1.807, 2.05) is 25.1 Å². The van der Waals surface area contributed by atoms with Gasteiger partial charge in [-0.25, -0.2) is 14.6 Å². The second-order valence-corrected chi connectivity index (χ2v) is 7.97. The molecule has 1 unspecified atom stereocenters. The molecule has 0 saturated carbocycles. The van der Waals surface area contributed by atoms with Crippen molar-refractivity contribution in [2.45, 2.75) is 38.8 Å². The van der Waals surface area contributed by atoms with Gasteiger partial charge in [-0.2, -0.15) is 0 Å². The Kier molecular flexibility index (Phi) is 8.45. The SMILES string of the molecule is Cc1ccc(Cn2c(NC3CCCN(CCO)CC3)nc3ccccc32)o1.O=C(O)C(=O)O. The van der Waals surface area contributed by atoms with E-state index >= 15 is 0 Å².